The molecular formula is C13H18ClFN2O2S. The van der Waals surface area contributed by atoms with E-state index in [9.17, 15) is 12.8 Å². The Hall–Kier alpha value is -0.690. The van der Waals surface area contributed by atoms with Crippen LogP contribution in [0.4, 0.5) is 4.39 Å². The van der Waals surface area contributed by atoms with Gasteiger partial charge in [0.25, 0.3) is 0 Å². The fourth-order valence-corrected chi connectivity index (χ4v) is 4.28. The van der Waals surface area contributed by atoms with Gasteiger partial charge in [-0.05, 0) is 37.5 Å². The molecule has 112 valence electrons. The molecule has 0 radical (unpaired) electrons. The predicted molar refractivity (Wildman–Crippen MR) is 76.5 cm³/mol. The third-order valence-corrected chi connectivity index (χ3v) is 5.74. The average molecular weight is 321 g/mol. The summed E-state index contributed by atoms with van der Waals surface area (Å²) in [6.07, 6.45) is 3.54. The lowest BCUT2D eigenvalue weighted by Crippen LogP contribution is -2.43. The summed E-state index contributed by atoms with van der Waals surface area (Å²) in [5, 5.41) is -0.126. The summed E-state index contributed by atoms with van der Waals surface area (Å²) < 4.78 is 41.1. The van der Waals surface area contributed by atoms with Crippen LogP contribution in [0.2, 0.25) is 5.02 Å². The highest BCUT2D eigenvalue weighted by molar-refractivity contribution is 7.89. The summed E-state index contributed by atoms with van der Waals surface area (Å²) in [6.45, 7) is 1.85. The third kappa shape index (κ3) is 3.14. The molecule has 2 rings (SSSR count). The standard InChI is InChI=1S/C13H18ClFN2O2S/c1-13(4-2-3-5-13)17-20(18,19)10-6-9(8-16)12(14)11(15)7-10/h6-7,17H,2-5,8,16H2,1H3. The third-order valence-electron chi connectivity index (χ3n) is 3.70. The Bertz CT molecular complexity index is 613. The van der Waals surface area contributed by atoms with Gasteiger partial charge in [0, 0.05) is 12.1 Å². The molecule has 0 amide bonds. The highest BCUT2D eigenvalue weighted by Gasteiger charge is 2.34. The number of halogens is 2. The van der Waals surface area contributed by atoms with Crippen LogP contribution in [-0.4, -0.2) is 14.0 Å². The van der Waals surface area contributed by atoms with Crippen LogP contribution in [-0.2, 0) is 16.6 Å². The first kappa shape index (κ1) is 15.7. The SMILES string of the molecule is CC1(NS(=O)(=O)c2cc(F)c(Cl)c(CN)c2)CCCC1. The zero-order chi connectivity index (χ0) is 15.0. The fourth-order valence-electron chi connectivity index (χ4n) is 2.56. The molecule has 1 aliphatic rings. The van der Waals surface area contributed by atoms with Crippen LogP contribution in [0.15, 0.2) is 17.0 Å². The summed E-state index contributed by atoms with van der Waals surface area (Å²) in [4.78, 5) is -0.132. The minimum atomic E-state index is -3.78. The van der Waals surface area contributed by atoms with Gasteiger partial charge in [-0.15, -0.1) is 0 Å². The molecule has 0 aromatic heterocycles. The van der Waals surface area contributed by atoms with Crippen molar-refractivity contribution in [2.45, 2.75) is 49.6 Å². The van der Waals surface area contributed by atoms with Gasteiger partial charge in [0.15, 0.2) is 0 Å². The number of benzene rings is 1. The minimum Gasteiger partial charge on any atom is -0.326 e. The van der Waals surface area contributed by atoms with Crippen LogP contribution in [0.3, 0.4) is 0 Å². The molecule has 0 atom stereocenters. The number of nitrogens with one attached hydrogen (secondary N) is 1. The molecule has 1 aromatic carbocycles. The number of nitrogens with two attached hydrogens (primary N) is 1. The zero-order valence-corrected chi connectivity index (χ0v) is 12.8. The van der Waals surface area contributed by atoms with Gasteiger partial charge in [0.05, 0.1) is 9.92 Å². The average Bonchev–Trinajstić information content (AvgIpc) is 2.77. The predicted octanol–water partition coefficient (Wildman–Crippen LogP) is 2.55. The van der Waals surface area contributed by atoms with Gasteiger partial charge < -0.3 is 5.73 Å². The molecule has 0 bridgehead atoms. The molecule has 20 heavy (non-hydrogen) atoms. The highest BCUT2D eigenvalue weighted by atomic mass is 35.5. The molecule has 1 aliphatic carbocycles. The van der Waals surface area contributed by atoms with E-state index in [1.807, 2.05) is 6.92 Å². The highest BCUT2D eigenvalue weighted by Crippen LogP contribution is 2.31. The van der Waals surface area contributed by atoms with E-state index in [0.29, 0.717) is 0 Å². The lowest BCUT2D eigenvalue weighted by molar-refractivity contribution is 0.427. The van der Waals surface area contributed by atoms with E-state index >= 15 is 0 Å². The molecule has 4 nitrogen and oxygen atoms in total. The Balaban J connectivity index is 2.37. The molecule has 7 heteroatoms. The maximum Gasteiger partial charge on any atom is 0.241 e. The second-order valence-electron chi connectivity index (χ2n) is 5.46. The van der Waals surface area contributed by atoms with E-state index in [-0.39, 0.29) is 22.0 Å². The van der Waals surface area contributed by atoms with Gasteiger partial charge in [0.1, 0.15) is 5.82 Å². The largest absolute Gasteiger partial charge is 0.326 e. The van der Waals surface area contributed by atoms with E-state index < -0.39 is 21.4 Å². The van der Waals surface area contributed by atoms with Crippen LogP contribution in [0.5, 0.6) is 0 Å². The molecule has 0 aliphatic heterocycles. The van der Waals surface area contributed by atoms with Gasteiger partial charge in [-0.3, -0.25) is 0 Å². The lowest BCUT2D eigenvalue weighted by atomic mass is 10.0. The Kier molecular flexibility index (Phi) is 4.39. The normalized spacial score (nSPS) is 18.4. The van der Waals surface area contributed by atoms with E-state index in [4.69, 9.17) is 17.3 Å². The van der Waals surface area contributed by atoms with E-state index in [2.05, 4.69) is 4.72 Å². The van der Waals surface area contributed by atoms with Crippen molar-refractivity contribution in [2.75, 3.05) is 0 Å². The lowest BCUT2D eigenvalue weighted by Gasteiger charge is -2.25. The Morgan fingerprint density at radius 2 is 2.00 bits per heavy atom. The Morgan fingerprint density at radius 3 is 2.55 bits per heavy atom. The van der Waals surface area contributed by atoms with Crippen LogP contribution < -0.4 is 10.5 Å². The fraction of sp³-hybridized carbons (Fsp3) is 0.538. The Labute approximate surface area is 123 Å². The number of rotatable bonds is 4. The summed E-state index contributed by atoms with van der Waals surface area (Å²) in [7, 11) is -3.78. The first-order valence-corrected chi connectivity index (χ1v) is 8.35. The second-order valence-corrected chi connectivity index (χ2v) is 7.52. The summed E-state index contributed by atoms with van der Waals surface area (Å²) in [5.74, 6) is -0.772. The van der Waals surface area contributed by atoms with Gasteiger partial charge in [0.2, 0.25) is 10.0 Å². The van der Waals surface area contributed by atoms with Crippen molar-refractivity contribution in [1.82, 2.24) is 4.72 Å². The van der Waals surface area contributed by atoms with Gasteiger partial charge in [-0.1, -0.05) is 24.4 Å². The number of hydrogen-bond acceptors (Lipinski definition) is 3. The van der Waals surface area contributed by atoms with E-state index in [0.717, 1.165) is 31.7 Å². The molecule has 1 saturated carbocycles. The van der Waals surface area contributed by atoms with Crippen molar-refractivity contribution in [3.63, 3.8) is 0 Å². The molecule has 0 unspecified atom stereocenters. The summed E-state index contributed by atoms with van der Waals surface area (Å²) in [5.41, 5.74) is 5.28. The van der Waals surface area contributed by atoms with Crippen molar-refractivity contribution in [2.24, 2.45) is 5.73 Å². The van der Waals surface area contributed by atoms with Crippen LogP contribution in [0.1, 0.15) is 38.2 Å². The van der Waals surface area contributed by atoms with Crippen LogP contribution in [0.25, 0.3) is 0 Å². The van der Waals surface area contributed by atoms with Crippen molar-refractivity contribution in [1.29, 1.82) is 0 Å². The first-order valence-electron chi connectivity index (χ1n) is 6.49. The maximum absolute atomic E-state index is 13.7. The first-order chi connectivity index (χ1) is 9.27. The van der Waals surface area contributed by atoms with Crippen LogP contribution in [0, 0.1) is 5.82 Å². The molecular weight excluding hydrogens is 303 g/mol. The molecule has 1 aromatic rings. The summed E-state index contributed by atoms with van der Waals surface area (Å²) in [6, 6.07) is 2.26. The molecule has 1 fully saturated rings. The molecule has 0 heterocycles. The topological polar surface area (TPSA) is 72.2 Å². The van der Waals surface area contributed by atoms with Crippen molar-refractivity contribution in [3.8, 4) is 0 Å². The zero-order valence-electron chi connectivity index (χ0n) is 11.2. The Morgan fingerprint density at radius 1 is 1.40 bits per heavy atom. The quantitative estimate of drug-likeness (QED) is 0.895. The van der Waals surface area contributed by atoms with E-state index in [1.54, 1.807) is 0 Å². The number of sulfonamides is 1. The second kappa shape index (κ2) is 5.60. The minimum absolute atomic E-state index is 0.0175. The van der Waals surface area contributed by atoms with E-state index in [1.165, 1.54) is 6.07 Å². The van der Waals surface area contributed by atoms with Gasteiger partial charge >= 0.3 is 0 Å². The monoisotopic (exact) mass is 320 g/mol. The van der Waals surface area contributed by atoms with Crippen molar-refractivity contribution in [3.05, 3.63) is 28.5 Å². The maximum atomic E-state index is 13.7. The number of hydrogen-bond donors (Lipinski definition) is 2. The molecule has 0 spiro atoms. The smallest absolute Gasteiger partial charge is 0.241 e. The molecule has 3 N–H and O–H groups in total. The van der Waals surface area contributed by atoms with Gasteiger partial charge in [-0.2, -0.15) is 0 Å². The van der Waals surface area contributed by atoms with Crippen molar-refractivity contribution >= 4 is 21.6 Å². The molecule has 0 saturated heterocycles. The van der Waals surface area contributed by atoms with Gasteiger partial charge in [-0.25, -0.2) is 17.5 Å². The van der Waals surface area contributed by atoms with Crippen molar-refractivity contribution < 1.29 is 12.8 Å². The van der Waals surface area contributed by atoms with Crippen LogP contribution >= 0.6 is 11.6 Å². The summed E-state index contributed by atoms with van der Waals surface area (Å²) >= 11 is 5.74.